The monoisotopic (exact) mass is 320 g/mol. The van der Waals surface area contributed by atoms with Crippen LogP contribution in [0, 0.1) is 13.8 Å². The van der Waals surface area contributed by atoms with Gasteiger partial charge >= 0.3 is 0 Å². The zero-order valence-corrected chi connectivity index (χ0v) is 14.5. The number of amides is 1. The highest BCUT2D eigenvalue weighted by Gasteiger charge is 2.34. The van der Waals surface area contributed by atoms with Crippen molar-refractivity contribution in [2.75, 3.05) is 26.2 Å². The second-order valence-electron chi connectivity index (χ2n) is 6.76. The summed E-state index contributed by atoms with van der Waals surface area (Å²) < 4.78 is 1.90. The Kier molecular flexibility index (Phi) is 4.73. The van der Waals surface area contributed by atoms with Crippen LogP contribution < -0.4 is 0 Å². The molecule has 0 bridgehead atoms. The third-order valence-corrected chi connectivity index (χ3v) is 5.41. The van der Waals surface area contributed by atoms with E-state index in [1.807, 2.05) is 30.4 Å². The van der Waals surface area contributed by atoms with Gasteiger partial charge in [0.15, 0.2) is 0 Å². The third kappa shape index (κ3) is 3.02. The van der Waals surface area contributed by atoms with Crippen LogP contribution >= 0.6 is 0 Å². The summed E-state index contributed by atoms with van der Waals surface area (Å²) in [5.74, 6) is 0.103. The van der Waals surface area contributed by atoms with Crippen LogP contribution in [0.5, 0.6) is 0 Å². The quantitative estimate of drug-likeness (QED) is 0.909. The lowest BCUT2D eigenvalue weighted by Gasteiger charge is -2.39. The highest BCUT2D eigenvalue weighted by Crippen LogP contribution is 2.25. The topological polar surface area (TPSA) is 61.6 Å². The Morgan fingerprint density at radius 2 is 1.91 bits per heavy atom. The van der Waals surface area contributed by atoms with E-state index in [2.05, 4.69) is 10.00 Å². The minimum atomic E-state index is -0.190. The van der Waals surface area contributed by atoms with Crippen molar-refractivity contribution < 1.29 is 9.90 Å². The van der Waals surface area contributed by atoms with Gasteiger partial charge in [-0.3, -0.25) is 14.4 Å². The molecule has 2 aliphatic rings. The summed E-state index contributed by atoms with van der Waals surface area (Å²) in [6.07, 6.45) is 2.92. The molecule has 1 aliphatic carbocycles. The summed E-state index contributed by atoms with van der Waals surface area (Å²) in [6, 6.07) is 0.290. The molecule has 1 saturated carbocycles. The summed E-state index contributed by atoms with van der Waals surface area (Å²) in [5.41, 5.74) is 2.55. The van der Waals surface area contributed by atoms with E-state index in [9.17, 15) is 9.90 Å². The van der Waals surface area contributed by atoms with Gasteiger partial charge in [-0.15, -0.1) is 0 Å². The van der Waals surface area contributed by atoms with Crippen molar-refractivity contribution in [2.45, 2.75) is 58.7 Å². The van der Waals surface area contributed by atoms with Crippen molar-refractivity contribution in [3.8, 4) is 0 Å². The Bertz CT molecular complexity index is 575. The van der Waals surface area contributed by atoms with E-state index in [0.717, 1.165) is 68.9 Å². The predicted octanol–water partition coefficient (Wildman–Crippen LogP) is 1.19. The lowest BCUT2D eigenvalue weighted by molar-refractivity contribution is 0.0315. The first-order valence-electron chi connectivity index (χ1n) is 8.78. The zero-order valence-electron chi connectivity index (χ0n) is 14.5. The van der Waals surface area contributed by atoms with Gasteiger partial charge in [-0.25, -0.2) is 0 Å². The molecule has 1 aromatic rings. The summed E-state index contributed by atoms with van der Waals surface area (Å²) in [5, 5.41) is 14.5. The molecule has 0 spiro atoms. The first kappa shape index (κ1) is 16.5. The van der Waals surface area contributed by atoms with Gasteiger partial charge in [0.2, 0.25) is 0 Å². The number of hydrogen-bond acceptors (Lipinski definition) is 4. The molecule has 6 nitrogen and oxygen atoms in total. The fourth-order valence-corrected chi connectivity index (χ4v) is 4.08. The molecule has 2 fully saturated rings. The van der Waals surface area contributed by atoms with Crippen LogP contribution in [0.2, 0.25) is 0 Å². The summed E-state index contributed by atoms with van der Waals surface area (Å²) in [6.45, 7) is 9.89. The zero-order chi connectivity index (χ0) is 16.6. The average molecular weight is 320 g/mol. The molecule has 2 heterocycles. The minimum Gasteiger partial charge on any atom is -0.391 e. The van der Waals surface area contributed by atoms with Gasteiger partial charge in [0.1, 0.15) is 0 Å². The smallest absolute Gasteiger partial charge is 0.257 e. The molecular weight excluding hydrogens is 292 g/mol. The molecule has 1 amide bonds. The number of nitrogens with zero attached hydrogens (tertiary/aromatic N) is 4. The Hall–Kier alpha value is -1.40. The van der Waals surface area contributed by atoms with Crippen molar-refractivity contribution in [1.82, 2.24) is 19.6 Å². The molecule has 1 aromatic heterocycles. The maximum absolute atomic E-state index is 12.9. The maximum Gasteiger partial charge on any atom is 0.257 e. The Labute approximate surface area is 138 Å². The molecular formula is C17H28N4O2. The van der Waals surface area contributed by atoms with Crippen LogP contribution in [0.25, 0.3) is 0 Å². The van der Waals surface area contributed by atoms with Gasteiger partial charge in [-0.1, -0.05) is 0 Å². The van der Waals surface area contributed by atoms with E-state index in [0.29, 0.717) is 6.04 Å². The van der Waals surface area contributed by atoms with Crippen LogP contribution in [0.3, 0.4) is 0 Å². The fourth-order valence-electron chi connectivity index (χ4n) is 4.08. The third-order valence-electron chi connectivity index (χ3n) is 5.41. The molecule has 0 aromatic carbocycles. The van der Waals surface area contributed by atoms with Gasteiger partial charge in [0.25, 0.3) is 5.91 Å². The van der Waals surface area contributed by atoms with Crippen molar-refractivity contribution in [3.05, 3.63) is 17.0 Å². The Morgan fingerprint density at radius 1 is 1.22 bits per heavy atom. The Balaban J connectivity index is 1.66. The predicted molar refractivity (Wildman–Crippen MR) is 88.5 cm³/mol. The number of aliphatic hydroxyl groups is 1. The van der Waals surface area contributed by atoms with E-state index >= 15 is 0 Å². The fraction of sp³-hybridized carbons (Fsp3) is 0.765. The van der Waals surface area contributed by atoms with Crippen molar-refractivity contribution in [2.24, 2.45) is 0 Å². The number of carbonyl (C=O) groups excluding carboxylic acids is 1. The SMILES string of the molecule is CCn1nc(C)c(C(=O)N2CCN([C@H]3CCC[C@@H]3O)CC2)c1C. The number of aromatic nitrogens is 2. The molecule has 3 rings (SSSR count). The summed E-state index contributed by atoms with van der Waals surface area (Å²) in [7, 11) is 0. The van der Waals surface area contributed by atoms with E-state index in [4.69, 9.17) is 0 Å². The molecule has 128 valence electrons. The minimum absolute atomic E-state index is 0.103. The highest BCUT2D eigenvalue weighted by atomic mass is 16.3. The molecule has 2 atom stereocenters. The van der Waals surface area contributed by atoms with E-state index in [1.165, 1.54) is 0 Å². The van der Waals surface area contributed by atoms with Crippen molar-refractivity contribution in [3.63, 3.8) is 0 Å². The number of aryl methyl sites for hydroxylation is 2. The van der Waals surface area contributed by atoms with Crippen LogP contribution in [-0.4, -0.2) is 68.9 Å². The van der Waals surface area contributed by atoms with Crippen molar-refractivity contribution >= 4 is 5.91 Å². The van der Waals surface area contributed by atoms with Crippen LogP contribution in [-0.2, 0) is 6.54 Å². The van der Waals surface area contributed by atoms with E-state index in [1.54, 1.807) is 0 Å². The number of carbonyl (C=O) groups is 1. The standard InChI is InChI=1S/C17H28N4O2/c1-4-21-13(3)16(12(2)18-21)17(23)20-10-8-19(9-11-20)14-6-5-7-15(14)22/h14-15,22H,4-11H2,1-3H3/t14-,15-/m0/s1. The second kappa shape index (κ2) is 6.61. The summed E-state index contributed by atoms with van der Waals surface area (Å²) >= 11 is 0. The molecule has 23 heavy (non-hydrogen) atoms. The molecule has 1 saturated heterocycles. The second-order valence-corrected chi connectivity index (χ2v) is 6.76. The lowest BCUT2D eigenvalue weighted by Crippen LogP contribution is -2.53. The van der Waals surface area contributed by atoms with Gasteiger partial charge in [0, 0.05) is 44.5 Å². The van der Waals surface area contributed by atoms with Crippen LogP contribution in [0.1, 0.15) is 47.9 Å². The van der Waals surface area contributed by atoms with Crippen molar-refractivity contribution in [1.29, 1.82) is 0 Å². The lowest BCUT2D eigenvalue weighted by atomic mass is 10.1. The highest BCUT2D eigenvalue weighted by molar-refractivity contribution is 5.96. The Morgan fingerprint density at radius 3 is 2.43 bits per heavy atom. The molecule has 1 aliphatic heterocycles. The molecule has 0 radical (unpaired) electrons. The average Bonchev–Trinajstić information content (AvgIpc) is 3.10. The number of piperazine rings is 1. The van der Waals surface area contributed by atoms with Gasteiger partial charge in [-0.2, -0.15) is 5.10 Å². The van der Waals surface area contributed by atoms with Gasteiger partial charge in [0.05, 0.1) is 17.4 Å². The first-order valence-corrected chi connectivity index (χ1v) is 8.78. The van der Waals surface area contributed by atoms with E-state index in [-0.39, 0.29) is 12.0 Å². The maximum atomic E-state index is 12.9. The number of rotatable bonds is 3. The normalized spacial score (nSPS) is 26.0. The van der Waals surface area contributed by atoms with Gasteiger partial charge < -0.3 is 10.0 Å². The number of aliphatic hydroxyl groups excluding tert-OH is 1. The largest absolute Gasteiger partial charge is 0.391 e. The molecule has 1 N–H and O–H groups in total. The van der Waals surface area contributed by atoms with Crippen LogP contribution in [0.4, 0.5) is 0 Å². The van der Waals surface area contributed by atoms with Crippen LogP contribution in [0.15, 0.2) is 0 Å². The van der Waals surface area contributed by atoms with Gasteiger partial charge in [-0.05, 0) is 40.0 Å². The molecule has 0 unspecified atom stereocenters. The number of hydrogen-bond donors (Lipinski definition) is 1. The van der Waals surface area contributed by atoms with E-state index < -0.39 is 0 Å². The molecule has 6 heteroatoms. The first-order chi connectivity index (χ1) is 11.0. The summed E-state index contributed by atoms with van der Waals surface area (Å²) in [4.78, 5) is 17.2.